The second-order valence-corrected chi connectivity index (χ2v) is 5.90. The summed E-state index contributed by atoms with van der Waals surface area (Å²) in [6.45, 7) is 3.47. The number of fused-ring (bicyclic) bond motifs is 1. The number of piperazine rings is 1. The van der Waals surface area contributed by atoms with Crippen molar-refractivity contribution >= 4 is 40.2 Å². The second kappa shape index (κ2) is 5.58. The number of aromatic nitrogens is 4. The SMILES string of the molecule is Nc1nc(N2CCN(c3cccc(Cl)c3)CC2)c2[nH]cnc2n1. The number of nitrogen functional groups attached to an aromatic ring is 1. The summed E-state index contributed by atoms with van der Waals surface area (Å²) in [4.78, 5) is 20.3. The third-order valence-electron chi connectivity index (χ3n) is 4.04. The van der Waals surface area contributed by atoms with Crippen LogP contribution in [0.5, 0.6) is 0 Å². The molecule has 3 heterocycles. The van der Waals surface area contributed by atoms with Gasteiger partial charge in [0.25, 0.3) is 0 Å². The fraction of sp³-hybridized carbons (Fsp3) is 0.267. The van der Waals surface area contributed by atoms with Crippen LogP contribution in [0.4, 0.5) is 17.5 Å². The monoisotopic (exact) mass is 329 g/mol. The zero-order valence-corrected chi connectivity index (χ0v) is 13.2. The molecule has 2 aromatic heterocycles. The molecule has 0 spiro atoms. The molecule has 0 atom stereocenters. The number of halogens is 1. The highest BCUT2D eigenvalue weighted by Crippen LogP contribution is 2.25. The molecule has 0 aliphatic carbocycles. The number of anilines is 3. The van der Waals surface area contributed by atoms with E-state index in [1.54, 1.807) is 6.33 Å². The minimum absolute atomic E-state index is 0.247. The fourth-order valence-electron chi connectivity index (χ4n) is 2.91. The summed E-state index contributed by atoms with van der Waals surface area (Å²) in [5.74, 6) is 1.06. The molecule has 1 aliphatic heterocycles. The molecule has 3 aromatic rings. The third kappa shape index (κ3) is 2.63. The van der Waals surface area contributed by atoms with Crippen LogP contribution in [0.1, 0.15) is 0 Å². The molecule has 0 bridgehead atoms. The van der Waals surface area contributed by atoms with Crippen molar-refractivity contribution < 1.29 is 0 Å². The molecule has 0 unspecified atom stereocenters. The van der Waals surface area contributed by atoms with Crippen LogP contribution in [0, 0.1) is 0 Å². The number of nitrogens with zero attached hydrogens (tertiary/aromatic N) is 5. The molecule has 0 amide bonds. The van der Waals surface area contributed by atoms with Crippen molar-refractivity contribution in [2.45, 2.75) is 0 Å². The molecule has 7 nitrogen and oxygen atoms in total. The number of nitrogens with one attached hydrogen (secondary N) is 1. The molecule has 8 heteroatoms. The van der Waals surface area contributed by atoms with Gasteiger partial charge in [0.15, 0.2) is 11.5 Å². The van der Waals surface area contributed by atoms with Crippen molar-refractivity contribution in [3.05, 3.63) is 35.6 Å². The van der Waals surface area contributed by atoms with Gasteiger partial charge in [-0.15, -0.1) is 0 Å². The van der Waals surface area contributed by atoms with Crippen LogP contribution < -0.4 is 15.5 Å². The highest BCUT2D eigenvalue weighted by atomic mass is 35.5. The maximum atomic E-state index is 6.08. The molecule has 23 heavy (non-hydrogen) atoms. The van der Waals surface area contributed by atoms with Crippen molar-refractivity contribution in [2.24, 2.45) is 0 Å². The highest BCUT2D eigenvalue weighted by molar-refractivity contribution is 6.30. The van der Waals surface area contributed by atoms with Gasteiger partial charge < -0.3 is 20.5 Å². The Kier molecular flexibility index (Phi) is 3.42. The Morgan fingerprint density at radius 3 is 2.65 bits per heavy atom. The van der Waals surface area contributed by atoms with Gasteiger partial charge in [0, 0.05) is 36.9 Å². The van der Waals surface area contributed by atoms with Gasteiger partial charge in [0.05, 0.1) is 6.33 Å². The normalized spacial score (nSPS) is 15.3. The highest BCUT2D eigenvalue weighted by Gasteiger charge is 2.21. The Labute approximate surface area is 138 Å². The standard InChI is InChI=1S/C15H16ClN7/c16-10-2-1-3-11(8-10)22-4-6-23(7-5-22)14-12-13(19-9-18-12)20-15(17)21-14/h1-3,8-9H,4-7H2,(H3,17,18,19,20,21). The van der Waals surface area contributed by atoms with E-state index in [-0.39, 0.29) is 5.95 Å². The van der Waals surface area contributed by atoms with Crippen LogP contribution in [0.3, 0.4) is 0 Å². The molecule has 3 N–H and O–H groups in total. The molecule has 0 radical (unpaired) electrons. The van der Waals surface area contributed by atoms with E-state index in [0.717, 1.165) is 48.2 Å². The first-order valence-corrected chi connectivity index (χ1v) is 7.80. The average molecular weight is 330 g/mol. The predicted octanol–water partition coefficient (Wildman–Crippen LogP) is 1.92. The Balaban J connectivity index is 1.56. The summed E-state index contributed by atoms with van der Waals surface area (Å²) in [5, 5.41) is 0.757. The lowest BCUT2D eigenvalue weighted by Gasteiger charge is -2.36. The maximum absolute atomic E-state index is 6.08. The fourth-order valence-corrected chi connectivity index (χ4v) is 3.10. The van der Waals surface area contributed by atoms with E-state index in [2.05, 4.69) is 35.8 Å². The summed E-state index contributed by atoms with van der Waals surface area (Å²) in [6, 6.07) is 7.94. The van der Waals surface area contributed by atoms with E-state index in [4.69, 9.17) is 17.3 Å². The Hall–Kier alpha value is -2.54. The van der Waals surface area contributed by atoms with Crippen LogP contribution in [0.25, 0.3) is 11.2 Å². The molecule has 1 aromatic carbocycles. The van der Waals surface area contributed by atoms with Crippen molar-refractivity contribution in [3.63, 3.8) is 0 Å². The Morgan fingerprint density at radius 2 is 1.87 bits per heavy atom. The lowest BCUT2D eigenvalue weighted by molar-refractivity contribution is 0.649. The molecule has 1 fully saturated rings. The molecular weight excluding hydrogens is 314 g/mol. The lowest BCUT2D eigenvalue weighted by atomic mass is 10.2. The van der Waals surface area contributed by atoms with Gasteiger partial charge in [0.1, 0.15) is 5.52 Å². The quantitative estimate of drug-likeness (QED) is 0.747. The smallest absolute Gasteiger partial charge is 0.224 e. The van der Waals surface area contributed by atoms with E-state index in [9.17, 15) is 0 Å². The molecule has 1 saturated heterocycles. The molecule has 0 saturated carbocycles. The van der Waals surface area contributed by atoms with Crippen LogP contribution in [-0.2, 0) is 0 Å². The van der Waals surface area contributed by atoms with Gasteiger partial charge in [-0.3, -0.25) is 0 Å². The third-order valence-corrected chi connectivity index (χ3v) is 4.27. The van der Waals surface area contributed by atoms with Gasteiger partial charge in [-0.1, -0.05) is 17.7 Å². The van der Waals surface area contributed by atoms with Crippen molar-refractivity contribution in [2.75, 3.05) is 41.7 Å². The van der Waals surface area contributed by atoms with Gasteiger partial charge in [-0.2, -0.15) is 9.97 Å². The van der Waals surface area contributed by atoms with Crippen molar-refractivity contribution in [1.29, 1.82) is 0 Å². The lowest BCUT2D eigenvalue weighted by Crippen LogP contribution is -2.47. The van der Waals surface area contributed by atoms with Crippen molar-refractivity contribution in [1.82, 2.24) is 19.9 Å². The molecule has 1 aliphatic rings. The summed E-state index contributed by atoms with van der Waals surface area (Å²) < 4.78 is 0. The second-order valence-electron chi connectivity index (χ2n) is 5.46. The van der Waals surface area contributed by atoms with Crippen LogP contribution in [0.15, 0.2) is 30.6 Å². The first-order chi connectivity index (χ1) is 11.2. The number of benzene rings is 1. The van der Waals surface area contributed by atoms with E-state index >= 15 is 0 Å². The van der Waals surface area contributed by atoms with Crippen LogP contribution in [0.2, 0.25) is 5.02 Å². The van der Waals surface area contributed by atoms with Crippen molar-refractivity contribution in [3.8, 4) is 0 Å². The maximum Gasteiger partial charge on any atom is 0.224 e. The van der Waals surface area contributed by atoms with Crippen LogP contribution >= 0.6 is 11.6 Å². The van der Waals surface area contributed by atoms with Gasteiger partial charge >= 0.3 is 0 Å². The summed E-state index contributed by atoms with van der Waals surface area (Å²) in [7, 11) is 0. The van der Waals surface area contributed by atoms with E-state index in [1.807, 2.05) is 18.2 Å². The van der Waals surface area contributed by atoms with Crippen LogP contribution in [-0.4, -0.2) is 46.1 Å². The largest absolute Gasteiger partial charge is 0.368 e. The number of nitrogens with two attached hydrogens (primary N) is 1. The Bertz CT molecular complexity index is 839. The molecule has 118 valence electrons. The Morgan fingerprint density at radius 1 is 1.09 bits per heavy atom. The molecular formula is C15H16ClN7. The number of H-pyrrole nitrogens is 1. The zero-order chi connectivity index (χ0) is 15.8. The van der Waals surface area contributed by atoms with E-state index in [0.29, 0.717) is 5.65 Å². The number of hydrogen-bond donors (Lipinski definition) is 2. The predicted molar refractivity (Wildman–Crippen MR) is 92.0 cm³/mol. The first kappa shape index (κ1) is 14.1. The minimum atomic E-state index is 0.247. The number of aromatic amines is 1. The summed E-state index contributed by atoms with van der Waals surface area (Å²) in [6.07, 6.45) is 1.62. The van der Waals surface area contributed by atoms with Gasteiger partial charge in [0.2, 0.25) is 5.95 Å². The first-order valence-electron chi connectivity index (χ1n) is 7.43. The van der Waals surface area contributed by atoms with Gasteiger partial charge in [-0.05, 0) is 18.2 Å². The zero-order valence-electron chi connectivity index (χ0n) is 12.4. The van der Waals surface area contributed by atoms with Gasteiger partial charge in [-0.25, -0.2) is 4.98 Å². The topological polar surface area (TPSA) is 87.0 Å². The summed E-state index contributed by atoms with van der Waals surface area (Å²) in [5.41, 5.74) is 8.37. The molecule has 4 rings (SSSR count). The minimum Gasteiger partial charge on any atom is -0.368 e. The average Bonchev–Trinajstić information content (AvgIpc) is 3.02. The number of rotatable bonds is 2. The number of hydrogen-bond acceptors (Lipinski definition) is 6. The number of imidazole rings is 1. The van der Waals surface area contributed by atoms with E-state index in [1.165, 1.54) is 0 Å². The van der Waals surface area contributed by atoms with E-state index < -0.39 is 0 Å². The summed E-state index contributed by atoms with van der Waals surface area (Å²) >= 11 is 6.08.